The summed E-state index contributed by atoms with van der Waals surface area (Å²) < 4.78 is 4.94. The average Bonchev–Trinajstić information content (AvgIpc) is 3.91. The van der Waals surface area contributed by atoms with Crippen molar-refractivity contribution in [2.45, 2.75) is 0 Å². The standard InChI is InChI=1S/C54H32N2/c1-2-13-38-37(12-1)44-21-11-20-43-36(29-30-46(38)52(43)44)33-24-26-34(27-25-33)56-51-31-28-35(55-49-22-9-7-16-41(49)42-17-8-10-23-50(42)55)32-48(51)53-45-18-5-3-14-39(45)40-15-4-6-19-47(40)54(53)56/h1-32H. The van der Waals surface area contributed by atoms with E-state index in [9.17, 15) is 0 Å². The van der Waals surface area contributed by atoms with Crippen molar-refractivity contribution < 1.29 is 0 Å². The Bertz CT molecular complexity index is 3550. The second kappa shape index (κ2) is 11.1. The second-order valence-corrected chi connectivity index (χ2v) is 15.2. The average molecular weight is 709 g/mol. The lowest BCUT2D eigenvalue weighted by atomic mass is 9.94. The van der Waals surface area contributed by atoms with Crippen LogP contribution in [0.4, 0.5) is 0 Å². The predicted molar refractivity (Wildman–Crippen MR) is 238 cm³/mol. The van der Waals surface area contributed by atoms with E-state index in [4.69, 9.17) is 0 Å². The lowest BCUT2D eigenvalue weighted by Crippen LogP contribution is -1.96. The summed E-state index contributed by atoms with van der Waals surface area (Å²) in [6.07, 6.45) is 0. The maximum atomic E-state index is 2.50. The molecule has 1 aliphatic carbocycles. The first-order chi connectivity index (χ1) is 27.8. The van der Waals surface area contributed by atoms with Crippen LogP contribution in [0, 0.1) is 0 Å². The molecule has 0 spiro atoms. The van der Waals surface area contributed by atoms with E-state index >= 15 is 0 Å². The van der Waals surface area contributed by atoms with Gasteiger partial charge in [0, 0.05) is 38.3 Å². The van der Waals surface area contributed by atoms with Gasteiger partial charge in [-0.1, -0.05) is 152 Å². The van der Waals surface area contributed by atoms with Crippen LogP contribution < -0.4 is 0 Å². The molecule has 2 aromatic heterocycles. The van der Waals surface area contributed by atoms with Gasteiger partial charge in [-0.05, 0) is 103 Å². The number of fused-ring (bicyclic) bond motifs is 14. The number of benzene rings is 10. The predicted octanol–water partition coefficient (Wildman–Crippen LogP) is 14.7. The summed E-state index contributed by atoms with van der Waals surface area (Å²) in [6.45, 7) is 0. The minimum Gasteiger partial charge on any atom is -0.309 e. The molecule has 13 rings (SSSR count). The molecule has 0 saturated carbocycles. The Kier molecular flexibility index (Phi) is 5.92. The van der Waals surface area contributed by atoms with Crippen molar-refractivity contribution in [1.29, 1.82) is 0 Å². The fourth-order valence-corrected chi connectivity index (χ4v) is 10.1. The van der Waals surface area contributed by atoms with Crippen LogP contribution in [0.3, 0.4) is 0 Å². The van der Waals surface area contributed by atoms with E-state index in [0.29, 0.717) is 0 Å². The number of hydrogen-bond acceptors (Lipinski definition) is 0. The SMILES string of the molecule is c1ccc2c(c1)-c1cccc3c(-c4ccc(-n5c6ccc(-n7c8ccccc8c8ccccc87)cc6c6c7ccccc7c7ccccc7c65)cc4)ccc-2c13. The largest absolute Gasteiger partial charge is 0.309 e. The molecule has 0 radical (unpaired) electrons. The highest BCUT2D eigenvalue weighted by Crippen LogP contribution is 2.49. The van der Waals surface area contributed by atoms with E-state index < -0.39 is 0 Å². The first-order valence-electron chi connectivity index (χ1n) is 19.4. The molecule has 0 aliphatic heterocycles. The van der Waals surface area contributed by atoms with E-state index in [2.05, 4.69) is 203 Å². The molecule has 0 unspecified atom stereocenters. The number of hydrogen-bond donors (Lipinski definition) is 0. The highest BCUT2D eigenvalue weighted by molar-refractivity contribution is 6.32. The summed E-state index contributed by atoms with van der Waals surface area (Å²) in [6, 6.07) is 71.9. The fourth-order valence-electron chi connectivity index (χ4n) is 10.1. The first-order valence-corrected chi connectivity index (χ1v) is 19.4. The third kappa shape index (κ3) is 3.90. The van der Waals surface area contributed by atoms with Gasteiger partial charge in [0.15, 0.2) is 0 Å². The Balaban J connectivity index is 1.07. The van der Waals surface area contributed by atoms with E-state index in [1.165, 1.54) is 109 Å². The maximum absolute atomic E-state index is 2.50. The first kappa shape index (κ1) is 30.0. The van der Waals surface area contributed by atoms with E-state index in [1.54, 1.807) is 0 Å². The van der Waals surface area contributed by atoms with Gasteiger partial charge in [0.05, 0.1) is 22.1 Å². The molecular weight excluding hydrogens is 677 g/mol. The molecule has 2 heteroatoms. The molecule has 0 saturated heterocycles. The molecule has 1 aliphatic rings. The van der Waals surface area contributed by atoms with Crippen LogP contribution in [0.1, 0.15) is 0 Å². The summed E-state index contributed by atoms with van der Waals surface area (Å²) in [5.41, 5.74) is 15.0. The molecule has 0 atom stereocenters. The van der Waals surface area contributed by atoms with Crippen molar-refractivity contribution in [3.63, 3.8) is 0 Å². The zero-order chi connectivity index (χ0) is 36.5. The third-order valence-electron chi connectivity index (χ3n) is 12.4. The van der Waals surface area contributed by atoms with Crippen LogP contribution in [0.5, 0.6) is 0 Å². The van der Waals surface area contributed by atoms with Crippen LogP contribution in [-0.4, -0.2) is 9.13 Å². The lowest BCUT2D eigenvalue weighted by molar-refractivity contribution is 1.17. The van der Waals surface area contributed by atoms with Gasteiger partial charge in [-0.3, -0.25) is 0 Å². The van der Waals surface area contributed by atoms with Crippen LogP contribution in [0.2, 0.25) is 0 Å². The number of aromatic nitrogens is 2. The second-order valence-electron chi connectivity index (χ2n) is 15.2. The molecule has 10 aromatic carbocycles. The van der Waals surface area contributed by atoms with Crippen molar-refractivity contribution in [3.8, 4) is 44.8 Å². The molecule has 2 nitrogen and oxygen atoms in total. The van der Waals surface area contributed by atoms with Gasteiger partial charge in [-0.25, -0.2) is 0 Å². The Labute approximate surface area is 322 Å². The van der Waals surface area contributed by atoms with Gasteiger partial charge >= 0.3 is 0 Å². The van der Waals surface area contributed by atoms with E-state index in [0.717, 1.165) is 11.4 Å². The molecule has 0 amide bonds. The van der Waals surface area contributed by atoms with Gasteiger partial charge in [-0.2, -0.15) is 0 Å². The lowest BCUT2D eigenvalue weighted by Gasteiger charge is -2.14. The summed E-state index contributed by atoms with van der Waals surface area (Å²) in [7, 11) is 0. The van der Waals surface area contributed by atoms with Gasteiger partial charge in [0.2, 0.25) is 0 Å². The Morgan fingerprint density at radius 1 is 0.250 bits per heavy atom. The van der Waals surface area contributed by atoms with Crippen molar-refractivity contribution >= 4 is 75.9 Å². The third-order valence-corrected chi connectivity index (χ3v) is 12.4. The van der Waals surface area contributed by atoms with Crippen LogP contribution >= 0.6 is 0 Å². The van der Waals surface area contributed by atoms with Crippen molar-refractivity contribution in [2.24, 2.45) is 0 Å². The molecule has 12 aromatic rings. The van der Waals surface area contributed by atoms with Gasteiger partial charge < -0.3 is 9.13 Å². The number of rotatable bonds is 3. The molecule has 258 valence electrons. The van der Waals surface area contributed by atoms with Crippen molar-refractivity contribution in [3.05, 3.63) is 194 Å². The quantitative estimate of drug-likeness (QED) is 0.162. The zero-order valence-electron chi connectivity index (χ0n) is 30.4. The molecule has 0 N–H and O–H groups in total. The van der Waals surface area contributed by atoms with E-state index in [-0.39, 0.29) is 0 Å². The van der Waals surface area contributed by atoms with Crippen LogP contribution in [-0.2, 0) is 0 Å². The van der Waals surface area contributed by atoms with Crippen LogP contribution in [0.15, 0.2) is 194 Å². The molecule has 0 fully saturated rings. The minimum atomic E-state index is 1.15. The number of para-hydroxylation sites is 2. The molecule has 2 heterocycles. The molecule has 56 heavy (non-hydrogen) atoms. The summed E-state index contributed by atoms with van der Waals surface area (Å²) in [4.78, 5) is 0. The van der Waals surface area contributed by atoms with Crippen LogP contribution in [0.25, 0.3) is 121 Å². The van der Waals surface area contributed by atoms with Crippen molar-refractivity contribution in [1.82, 2.24) is 9.13 Å². The molecule has 0 bridgehead atoms. The summed E-state index contributed by atoms with van der Waals surface area (Å²) >= 11 is 0. The Morgan fingerprint density at radius 2 is 0.750 bits per heavy atom. The molecular formula is C54H32N2. The highest BCUT2D eigenvalue weighted by atomic mass is 15.0. The Hall–Kier alpha value is -7.42. The Morgan fingerprint density at radius 3 is 1.46 bits per heavy atom. The van der Waals surface area contributed by atoms with Gasteiger partial charge in [-0.15, -0.1) is 0 Å². The van der Waals surface area contributed by atoms with Crippen molar-refractivity contribution in [2.75, 3.05) is 0 Å². The zero-order valence-corrected chi connectivity index (χ0v) is 30.4. The normalized spacial score (nSPS) is 12.3. The van der Waals surface area contributed by atoms with E-state index in [1.807, 2.05) is 0 Å². The topological polar surface area (TPSA) is 9.86 Å². The number of nitrogens with zero attached hydrogens (tertiary/aromatic N) is 2. The highest BCUT2D eigenvalue weighted by Gasteiger charge is 2.23. The summed E-state index contributed by atoms with van der Waals surface area (Å²) in [5, 5.41) is 12.8. The fraction of sp³-hybridized carbons (Fsp3) is 0. The maximum Gasteiger partial charge on any atom is 0.0625 e. The smallest absolute Gasteiger partial charge is 0.0625 e. The summed E-state index contributed by atoms with van der Waals surface area (Å²) in [5.74, 6) is 0. The minimum absolute atomic E-state index is 1.15. The monoisotopic (exact) mass is 708 g/mol. The van der Waals surface area contributed by atoms with Gasteiger partial charge in [0.1, 0.15) is 0 Å². The van der Waals surface area contributed by atoms with Gasteiger partial charge in [0.25, 0.3) is 0 Å².